The summed E-state index contributed by atoms with van der Waals surface area (Å²) in [5, 5.41) is 10.0. The summed E-state index contributed by atoms with van der Waals surface area (Å²) in [5.41, 5.74) is 1.94. The quantitative estimate of drug-likeness (QED) is 0.627. The largest absolute Gasteiger partial charge is 0.393 e. The van der Waals surface area contributed by atoms with E-state index >= 15 is 0 Å². The molecule has 118 valence electrons. The van der Waals surface area contributed by atoms with Crippen LogP contribution < -0.4 is 0 Å². The molecular formula is C19H30O2. The minimum absolute atomic E-state index is 0.0636. The van der Waals surface area contributed by atoms with Crippen LogP contribution in [0, 0.1) is 29.1 Å². The highest BCUT2D eigenvalue weighted by molar-refractivity contribution is 5.49. The van der Waals surface area contributed by atoms with Crippen LogP contribution in [0.1, 0.15) is 65.2 Å². The van der Waals surface area contributed by atoms with E-state index in [1.807, 2.05) is 0 Å². The van der Waals surface area contributed by atoms with Gasteiger partial charge in [-0.05, 0) is 81.0 Å². The molecule has 3 aliphatic carbocycles. The lowest BCUT2D eigenvalue weighted by atomic mass is 9.48. The summed E-state index contributed by atoms with van der Waals surface area (Å²) in [5.74, 6) is 2.87. The number of carbonyl (C=O) groups excluding carboxylic acids is 1. The average Bonchev–Trinajstić information content (AvgIpc) is 2.47. The highest BCUT2D eigenvalue weighted by Crippen LogP contribution is 2.60. The summed E-state index contributed by atoms with van der Waals surface area (Å²) in [4.78, 5) is 10.8. The van der Waals surface area contributed by atoms with Crippen LogP contribution in [0.3, 0.4) is 0 Å². The van der Waals surface area contributed by atoms with Crippen molar-refractivity contribution in [3.63, 3.8) is 0 Å². The predicted octanol–water partition coefficient (Wildman–Crippen LogP) is 4.13. The lowest BCUT2D eigenvalue weighted by Crippen LogP contribution is -2.50. The second kappa shape index (κ2) is 5.87. The maximum Gasteiger partial charge on any atom is 0.120 e. The number of carbonyl (C=O) groups is 1. The Morgan fingerprint density at radius 2 is 2.19 bits per heavy atom. The zero-order valence-corrected chi connectivity index (χ0v) is 13.6. The van der Waals surface area contributed by atoms with E-state index in [0.29, 0.717) is 23.7 Å². The number of rotatable bonds is 3. The van der Waals surface area contributed by atoms with Gasteiger partial charge in [0.1, 0.15) is 6.29 Å². The van der Waals surface area contributed by atoms with Gasteiger partial charge in [0.05, 0.1) is 6.10 Å². The summed E-state index contributed by atoms with van der Waals surface area (Å²) in [6, 6.07) is 0. The first-order valence-electron chi connectivity index (χ1n) is 8.84. The van der Waals surface area contributed by atoms with Gasteiger partial charge in [0, 0.05) is 6.42 Å². The molecule has 0 aromatic carbocycles. The Bertz CT molecular complexity index is 427. The molecule has 0 aromatic rings. The van der Waals surface area contributed by atoms with Crippen LogP contribution in [0.5, 0.6) is 0 Å². The molecule has 0 bridgehead atoms. The number of aldehydes is 1. The molecule has 0 spiro atoms. The summed E-state index contributed by atoms with van der Waals surface area (Å²) in [6.07, 6.45) is 12.2. The molecule has 6 atom stereocenters. The molecule has 0 aliphatic heterocycles. The molecule has 1 N–H and O–H groups in total. The summed E-state index contributed by atoms with van der Waals surface area (Å²) in [6.45, 7) is 4.76. The molecule has 3 aliphatic rings. The lowest BCUT2D eigenvalue weighted by Gasteiger charge is -2.57. The monoisotopic (exact) mass is 290 g/mol. The molecule has 3 rings (SSSR count). The van der Waals surface area contributed by atoms with Gasteiger partial charge in [-0.2, -0.15) is 0 Å². The lowest BCUT2D eigenvalue weighted by molar-refractivity contribution is -0.108. The Balaban J connectivity index is 1.83. The smallest absolute Gasteiger partial charge is 0.120 e. The van der Waals surface area contributed by atoms with Gasteiger partial charge in [-0.25, -0.2) is 0 Å². The average molecular weight is 290 g/mol. The fourth-order valence-corrected chi connectivity index (χ4v) is 5.83. The Morgan fingerprint density at radius 3 is 2.95 bits per heavy atom. The van der Waals surface area contributed by atoms with Crippen molar-refractivity contribution in [2.24, 2.45) is 29.1 Å². The number of aliphatic hydroxyl groups excluding tert-OH is 1. The second-order valence-electron chi connectivity index (χ2n) is 8.01. The van der Waals surface area contributed by atoms with Gasteiger partial charge in [-0.15, -0.1) is 0 Å². The molecule has 0 saturated heterocycles. The van der Waals surface area contributed by atoms with Gasteiger partial charge in [-0.3, -0.25) is 0 Å². The molecular weight excluding hydrogens is 260 g/mol. The summed E-state index contributed by atoms with van der Waals surface area (Å²) >= 11 is 0. The van der Waals surface area contributed by atoms with Crippen LogP contribution in [0.15, 0.2) is 11.6 Å². The third kappa shape index (κ3) is 2.60. The van der Waals surface area contributed by atoms with Crippen LogP contribution in [0.25, 0.3) is 0 Å². The molecule has 0 amide bonds. The minimum atomic E-state index is -0.0636. The number of hydrogen-bond donors (Lipinski definition) is 1. The van der Waals surface area contributed by atoms with Crippen LogP contribution in [0.4, 0.5) is 0 Å². The number of fused-ring (bicyclic) bond motifs is 3. The first-order chi connectivity index (χ1) is 10.1. The van der Waals surface area contributed by atoms with Gasteiger partial charge < -0.3 is 9.90 Å². The Hall–Kier alpha value is -0.630. The highest BCUT2D eigenvalue weighted by atomic mass is 16.3. The van der Waals surface area contributed by atoms with Crippen LogP contribution >= 0.6 is 0 Å². The van der Waals surface area contributed by atoms with Gasteiger partial charge in [0.15, 0.2) is 0 Å². The van der Waals surface area contributed by atoms with E-state index < -0.39 is 0 Å². The van der Waals surface area contributed by atoms with Crippen LogP contribution in [-0.2, 0) is 4.79 Å². The molecule has 21 heavy (non-hydrogen) atoms. The summed E-state index contributed by atoms with van der Waals surface area (Å²) in [7, 11) is 0. The van der Waals surface area contributed by atoms with Crippen LogP contribution in [0.2, 0.25) is 0 Å². The molecule has 0 radical (unpaired) electrons. The van der Waals surface area contributed by atoms with Crippen molar-refractivity contribution in [1.82, 2.24) is 0 Å². The Kier molecular flexibility index (Phi) is 4.27. The van der Waals surface area contributed by atoms with Crippen molar-refractivity contribution >= 4 is 6.29 Å². The fourth-order valence-electron chi connectivity index (χ4n) is 5.83. The van der Waals surface area contributed by atoms with Gasteiger partial charge in [-0.1, -0.05) is 18.6 Å². The topological polar surface area (TPSA) is 37.3 Å². The molecule has 0 heterocycles. The van der Waals surface area contributed by atoms with Gasteiger partial charge in [0.25, 0.3) is 0 Å². The molecule has 2 saturated carbocycles. The molecule has 2 nitrogen and oxygen atoms in total. The van der Waals surface area contributed by atoms with E-state index in [1.165, 1.54) is 31.3 Å². The maximum atomic E-state index is 10.8. The first kappa shape index (κ1) is 15.3. The molecule has 2 heteroatoms. The fraction of sp³-hybridized carbons (Fsp3) is 0.842. The normalized spacial score (nSPS) is 46.2. The standard InChI is InChI=1S/C19H30O2/c1-13-5-8-18-17(16(13)4-3-11-20)7-6-14-12-15(21)9-10-19(14,18)2/h5,11,14-18,21H,3-4,6-10,12H2,1-2H3. The van der Waals surface area contributed by atoms with E-state index in [2.05, 4.69) is 19.9 Å². The first-order valence-corrected chi connectivity index (χ1v) is 8.84. The van der Waals surface area contributed by atoms with Crippen LogP contribution in [-0.4, -0.2) is 17.5 Å². The Morgan fingerprint density at radius 1 is 1.38 bits per heavy atom. The molecule has 2 fully saturated rings. The van der Waals surface area contributed by atoms with E-state index in [1.54, 1.807) is 0 Å². The SMILES string of the molecule is CC1=CCC2C(CCC3CC(O)CCC32C)C1CCC=O. The number of allylic oxidation sites excluding steroid dienone is 2. The molecule has 6 unspecified atom stereocenters. The third-order valence-electron chi connectivity index (χ3n) is 7.11. The second-order valence-corrected chi connectivity index (χ2v) is 8.01. The van der Waals surface area contributed by atoms with Crippen molar-refractivity contribution in [2.45, 2.75) is 71.3 Å². The van der Waals surface area contributed by atoms with Crippen molar-refractivity contribution in [1.29, 1.82) is 0 Å². The Labute approximate surface area is 129 Å². The molecule has 0 aromatic heterocycles. The third-order valence-corrected chi connectivity index (χ3v) is 7.11. The zero-order chi connectivity index (χ0) is 15.0. The number of hydrogen-bond acceptors (Lipinski definition) is 2. The highest BCUT2D eigenvalue weighted by Gasteiger charge is 2.52. The van der Waals surface area contributed by atoms with Gasteiger partial charge in [0.2, 0.25) is 0 Å². The maximum absolute atomic E-state index is 10.8. The van der Waals surface area contributed by atoms with Crippen molar-refractivity contribution in [2.75, 3.05) is 0 Å². The summed E-state index contributed by atoms with van der Waals surface area (Å²) < 4.78 is 0. The zero-order valence-electron chi connectivity index (χ0n) is 13.6. The van der Waals surface area contributed by atoms with Crippen molar-refractivity contribution in [3.8, 4) is 0 Å². The number of aliphatic hydroxyl groups is 1. The van der Waals surface area contributed by atoms with Crippen molar-refractivity contribution in [3.05, 3.63) is 11.6 Å². The minimum Gasteiger partial charge on any atom is -0.393 e. The predicted molar refractivity (Wildman–Crippen MR) is 84.8 cm³/mol. The van der Waals surface area contributed by atoms with Gasteiger partial charge >= 0.3 is 0 Å². The van der Waals surface area contributed by atoms with E-state index in [4.69, 9.17) is 0 Å². The van der Waals surface area contributed by atoms with E-state index in [-0.39, 0.29) is 6.10 Å². The van der Waals surface area contributed by atoms with E-state index in [9.17, 15) is 9.90 Å². The van der Waals surface area contributed by atoms with E-state index in [0.717, 1.165) is 37.4 Å². The van der Waals surface area contributed by atoms with Crippen molar-refractivity contribution < 1.29 is 9.90 Å².